The first-order valence-electron chi connectivity index (χ1n) is 7.59. The molecule has 1 aliphatic heterocycles. The third-order valence-corrected chi connectivity index (χ3v) is 3.86. The molecule has 1 atom stereocenters. The van der Waals surface area contributed by atoms with Crippen molar-refractivity contribution in [3.05, 3.63) is 21.2 Å². The van der Waals surface area contributed by atoms with Crippen LogP contribution in [0.4, 0.5) is 10.6 Å². The van der Waals surface area contributed by atoms with Crippen molar-refractivity contribution in [1.82, 2.24) is 14.9 Å². The Labute approximate surface area is 140 Å². The molecule has 1 aromatic heterocycles. The number of nitrogens with zero attached hydrogens (tertiary/aromatic N) is 3. The first-order chi connectivity index (χ1) is 10.6. The Balaban J connectivity index is 2.14. The van der Waals surface area contributed by atoms with E-state index in [2.05, 4.69) is 9.97 Å². The number of aryl methyl sites for hydroxylation is 1. The van der Waals surface area contributed by atoms with Gasteiger partial charge in [0.25, 0.3) is 5.56 Å². The van der Waals surface area contributed by atoms with Crippen LogP contribution in [0.3, 0.4) is 0 Å². The lowest BCUT2D eigenvalue weighted by Crippen LogP contribution is -2.55. The summed E-state index contributed by atoms with van der Waals surface area (Å²) in [5.74, 6) is 0.973. The molecule has 8 heteroatoms. The highest BCUT2D eigenvalue weighted by Gasteiger charge is 2.31. The summed E-state index contributed by atoms with van der Waals surface area (Å²) in [7, 11) is 0. The molecule has 0 aromatic carbocycles. The molecule has 0 bridgehead atoms. The van der Waals surface area contributed by atoms with Gasteiger partial charge in [0.15, 0.2) is 5.82 Å². The van der Waals surface area contributed by atoms with Gasteiger partial charge in [0.1, 0.15) is 16.4 Å². The van der Waals surface area contributed by atoms with Crippen LogP contribution in [0.5, 0.6) is 0 Å². The van der Waals surface area contributed by atoms with Gasteiger partial charge in [0, 0.05) is 25.7 Å². The lowest BCUT2D eigenvalue weighted by Gasteiger charge is -2.40. The van der Waals surface area contributed by atoms with Gasteiger partial charge in [0.2, 0.25) is 0 Å². The number of anilines is 1. The number of aromatic nitrogens is 2. The predicted octanol–water partition coefficient (Wildman–Crippen LogP) is 2.18. The van der Waals surface area contributed by atoms with Crippen molar-refractivity contribution in [3.8, 4) is 0 Å². The van der Waals surface area contributed by atoms with Gasteiger partial charge in [-0.3, -0.25) is 4.79 Å². The summed E-state index contributed by atoms with van der Waals surface area (Å²) in [6.07, 6.45) is -0.329. The molecular weight excluding hydrogens is 320 g/mol. The van der Waals surface area contributed by atoms with Crippen LogP contribution in [0, 0.1) is 6.92 Å². The van der Waals surface area contributed by atoms with E-state index in [0.29, 0.717) is 31.3 Å². The molecule has 1 fully saturated rings. The maximum Gasteiger partial charge on any atom is 0.410 e. The fourth-order valence-corrected chi connectivity index (χ4v) is 2.71. The monoisotopic (exact) mass is 342 g/mol. The number of ether oxygens (including phenoxy) is 1. The fourth-order valence-electron chi connectivity index (χ4n) is 2.51. The molecule has 1 aliphatic rings. The summed E-state index contributed by atoms with van der Waals surface area (Å²) in [6.45, 7) is 10.7. The molecule has 0 unspecified atom stereocenters. The predicted molar refractivity (Wildman–Crippen MR) is 89.2 cm³/mol. The normalized spacial score (nSPS) is 19.0. The first-order valence-corrected chi connectivity index (χ1v) is 7.97. The molecule has 2 heterocycles. The number of rotatable bonds is 1. The highest BCUT2D eigenvalue weighted by atomic mass is 35.5. The lowest BCUT2D eigenvalue weighted by atomic mass is 10.2. The van der Waals surface area contributed by atoms with E-state index in [9.17, 15) is 9.59 Å². The van der Waals surface area contributed by atoms with Crippen molar-refractivity contribution in [1.29, 1.82) is 0 Å². The molecule has 23 heavy (non-hydrogen) atoms. The molecule has 1 amide bonds. The second-order valence-corrected chi connectivity index (χ2v) is 7.14. The number of amides is 1. The van der Waals surface area contributed by atoms with Crippen LogP contribution in [0.2, 0.25) is 5.02 Å². The second-order valence-electron chi connectivity index (χ2n) is 6.76. The summed E-state index contributed by atoms with van der Waals surface area (Å²) >= 11 is 6.10. The Morgan fingerprint density at radius 3 is 2.61 bits per heavy atom. The Bertz CT molecular complexity index is 653. The van der Waals surface area contributed by atoms with Crippen LogP contribution in [0.1, 0.15) is 33.5 Å². The maximum atomic E-state index is 12.2. The summed E-state index contributed by atoms with van der Waals surface area (Å²) in [5.41, 5.74) is -0.873. The number of H-pyrrole nitrogens is 1. The van der Waals surface area contributed by atoms with Crippen LogP contribution < -0.4 is 10.5 Å². The van der Waals surface area contributed by atoms with Crippen molar-refractivity contribution in [2.24, 2.45) is 0 Å². The summed E-state index contributed by atoms with van der Waals surface area (Å²) in [5, 5.41) is 0.0770. The number of carbonyl (C=O) groups excluding carboxylic acids is 1. The van der Waals surface area contributed by atoms with Gasteiger partial charge >= 0.3 is 6.09 Å². The van der Waals surface area contributed by atoms with E-state index in [0.717, 1.165) is 0 Å². The average molecular weight is 343 g/mol. The minimum Gasteiger partial charge on any atom is -0.444 e. The van der Waals surface area contributed by atoms with Crippen LogP contribution in [0.25, 0.3) is 0 Å². The van der Waals surface area contributed by atoms with Gasteiger partial charge in [0.05, 0.1) is 0 Å². The van der Waals surface area contributed by atoms with Crippen LogP contribution in [-0.2, 0) is 4.74 Å². The smallest absolute Gasteiger partial charge is 0.410 e. The molecule has 0 saturated carbocycles. The van der Waals surface area contributed by atoms with Crippen molar-refractivity contribution in [2.75, 3.05) is 24.5 Å². The number of aromatic amines is 1. The Morgan fingerprint density at radius 2 is 2.04 bits per heavy atom. The quantitative estimate of drug-likeness (QED) is 0.846. The SMILES string of the molecule is Cc1nc(N2CCN(C(=O)OC(C)(C)C)C[C@@H]2C)c(Cl)c(=O)[nH]1. The van der Waals surface area contributed by atoms with Crippen LogP contribution in [0.15, 0.2) is 4.79 Å². The van der Waals surface area contributed by atoms with Gasteiger partial charge < -0.3 is 19.5 Å². The van der Waals surface area contributed by atoms with Gasteiger partial charge in [-0.1, -0.05) is 11.6 Å². The largest absolute Gasteiger partial charge is 0.444 e. The molecule has 2 rings (SSSR count). The van der Waals surface area contributed by atoms with Gasteiger partial charge in [-0.25, -0.2) is 9.78 Å². The zero-order valence-corrected chi connectivity index (χ0v) is 14.9. The average Bonchev–Trinajstić information content (AvgIpc) is 2.41. The molecule has 0 radical (unpaired) electrons. The fraction of sp³-hybridized carbons (Fsp3) is 0.667. The van der Waals surface area contributed by atoms with E-state index in [1.165, 1.54) is 0 Å². The minimum absolute atomic E-state index is 0.0255. The number of hydrogen-bond donors (Lipinski definition) is 1. The van der Waals surface area contributed by atoms with E-state index in [1.54, 1.807) is 11.8 Å². The summed E-state index contributed by atoms with van der Waals surface area (Å²) < 4.78 is 5.40. The van der Waals surface area contributed by atoms with Gasteiger partial charge in [-0.15, -0.1) is 0 Å². The molecule has 1 N–H and O–H groups in total. The van der Waals surface area contributed by atoms with Crippen molar-refractivity contribution in [3.63, 3.8) is 0 Å². The lowest BCUT2D eigenvalue weighted by molar-refractivity contribution is 0.0218. The van der Waals surface area contributed by atoms with Crippen molar-refractivity contribution < 1.29 is 9.53 Å². The number of nitrogens with one attached hydrogen (secondary N) is 1. The Morgan fingerprint density at radius 1 is 1.39 bits per heavy atom. The van der Waals surface area contributed by atoms with E-state index in [1.807, 2.05) is 32.6 Å². The molecular formula is C15H23ClN4O3. The summed E-state index contributed by atoms with van der Waals surface area (Å²) in [6, 6.07) is -0.0255. The summed E-state index contributed by atoms with van der Waals surface area (Å²) in [4.78, 5) is 34.5. The number of halogens is 1. The molecule has 7 nitrogen and oxygen atoms in total. The highest BCUT2D eigenvalue weighted by molar-refractivity contribution is 6.32. The molecule has 1 aromatic rings. The zero-order chi connectivity index (χ0) is 17.4. The minimum atomic E-state index is -0.522. The maximum absolute atomic E-state index is 12.2. The van der Waals surface area contributed by atoms with Crippen LogP contribution in [-0.4, -0.2) is 52.2 Å². The van der Waals surface area contributed by atoms with E-state index >= 15 is 0 Å². The first kappa shape index (κ1) is 17.6. The Kier molecular flexibility index (Phi) is 4.89. The van der Waals surface area contributed by atoms with Gasteiger partial charge in [-0.2, -0.15) is 0 Å². The number of piperazine rings is 1. The van der Waals surface area contributed by atoms with E-state index in [-0.39, 0.29) is 22.7 Å². The third kappa shape index (κ3) is 4.16. The third-order valence-electron chi connectivity index (χ3n) is 3.51. The van der Waals surface area contributed by atoms with Crippen molar-refractivity contribution in [2.45, 2.75) is 46.3 Å². The Hall–Kier alpha value is -1.76. The highest BCUT2D eigenvalue weighted by Crippen LogP contribution is 2.24. The van der Waals surface area contributed by atoms with E-state index < -0.39 is 5.60 Å². The molecule has 0 spiro atoms. The van der Waals surface area contributed by atoms with Gasteiger partial charge in [-0.05, 0) is 34.6 Å². The topological polar surface area (TPSA) is 78.5 Å². The van der Waals surface area contributed by atoms with Crippen LogP contribution >= 0.6 is 11.6 Å². The second kappa shape index (κ2) is 6.39. The number of carbonyl (C=O) groups is 1. The standard InChI is InChI=1S/C15H23ClN4O3/c1-9-8-19(14(22)23-15(3,4)5)6-7-20(9)12-11(16)13(21)18-10(2)17-12/h9H,6-8H2,1-5H3,(H,17,18,21)/t9-/m0/s1. The van der Waals surface area contributed by atoms with Crippen molar-refractivity contribution >= 4 is 23.5 Å². The van der Waals surface area contributed by atoms with E-state index in [4.69, 9.17) is 16.3 Å². The zero-order valence-electron chi connectivity index (χ0n) is 14.1. The molecule has 0 aliphatic carbocycles. The number of hydrogen-bond acceptors (Lipinski definition) is 5. The molecule has 1 saturated heterocycles. The molecule has 128 valence electrons.